The minimum atomic E-state index is -5.26. The van der Waals surface area contributed by atoms with Gasteiger partial charge in [0.1, 0.15) is 0 Å². The maximum Gasteiger partial charge on any atom is 0.573 e. The van der Waals surface area contributed by atoms with Crippen molar-refractivity contribution in [3.63, 3.8) is 0 Å². The first-order valence-electron chi connectivity index (χ1n) is 9.99. The standard InChI is InChI=1S/C23H16F6O7/c1-3-16(30)32-11-5-6-12-7-8-13-14-9-10-15(33-17(31)4-2)21(36-23(27,28)29)20(14)34-19(13)18(12)35-22(24,25)26/h3-4,7-10H,1-2,5-6,11H2. The Hall–Kier alpha value is -4.16. The molecular weight excluding hydrogens is 502 g/mol. The van der Waals surface area contributed by atoms with Crippen molar-refractivity contribution in [1.82, 2.24) is 0 Å². The van der Waals surface area contributed by atoms with Crippen molar-refractivity contribution < 1.29 is 59.3 Å². The van der Waals surface area contributed by atoms with Gasteiger partial charge in [-0.05, 0) is 36.6 Å². The number of carbonyl (C=O) groups is 2. The first-order valence-corrected chi connectivity index (χ1v) is 9.99. The molecule has 0 fully saturated rings. The van der Waals surface area contributed by atoms with E-state index in [9.17, 15) is 35.9 Å². The van der Waals surface area contributed by atoms with E-state index in [1.54, 1.807) is 0 Å². The Kier molecular flexibility index (Phi) is 7.51. The van der Waals surface area contributed by atoms with E-state index in [-0.39, 0.29) is 35.8 Å². The molecule has 36 heavy (non-hydrogen) atoms. The number of furan rings is 1. The van der Waals surface area contributed by atoms with Gasteiger partial charge < -0.3 is 23.4 Å². The molecule has 13 heteroatoms. The summed E-state index contributed by atoms with van der Waals surface area (Å²) in [7, 11) is 0. The van der Waals surface area contributed by atoms with Gasteiger partial charge in [0.25, 0.3) is 0 Å². The van der Waals surface area contributed by atoms with Gasteiger partial charge in [-0.2, -0.15) is 0 Å². The van der Waals surface area contributed by atoms with Crippen LogP contribution >= 0.6 is 0 Å². The Morgan fingerprint density at radius 3 is 1.97 bits per heavy atom. The van der Waals surface area contributed by atoms with Gasteiger partial charge in [0.2, 0.25) is 5.75 Å². The number of esters is 2. The van der Waals surface area contributed by atoms with E-state index >= 15 is 0 Å². The molecule has 0 bridgehead atoms. The molecule has 0 aliphatic heterocycles. The van der Waals surface area contributed by atoms with Gasteiger partial charge in [0, 0.05) is 22.9 Å². The third-order valence-electron chi connectivity index (χ3n) is 4.58. The van der Waals surface area contributed by atoms with Crippen molar-refractivity contribution in [2.24, 2.45) is 0 Å². The molecule has 0 atom stereocenters. The third kappa shape index (κ3) is 6.29. The fraction of sp³-hybridized carbons (Fsp3) is 0.217. The topological polar surface area (TPSA) is 84.2 Å². The maximum atomic E-state index is 13.2. The number of benzene rings is 2. The van der Waals surface area contributed by atoms with Gasteiger partial charge >= 0.3 is 24.7 Å². The Balaban J connectivity index is 2.17. The first-order chi connectivity index (χ1) is 16.8. The highest BCUT2D eigenvalue weighted by Gasteiger charge is 2.37. The average Bonchev–Trinajstić information content (AvgIpc) is 3.16. The highest BCUT2D eigenvalue weighted by atomic mass is 19.4. The molecular formula is C23H16F6O7. The average molecular weight is 518 g/mol. The van der Waals surface area contributed by atoms with E-state index in [0.717, 1.165) is 12.1 Å². The maximum absolute atomic E-state index is 13.2. The smallest absolute Gasteiger partial charge is 0.463 e. The molecule has 0 amide bonds. The number of fused-ring (bicyclic) bond motifs is 3. The lowest BCUT2D eigenvalue weighted by atomic mass is 10.0. The van der Waals surface area contributed by atoms with Gasteiger partial charge in [-0.1, -0.05) is 19.2 Å². The molecule has 7 nitrogen and oxygen atoms in total. The van der Waals surface area contributed by atoms with Crippen molar-refractivity contribution in [2.45, 2.75) is 25.6 Å². The zero-order chi connectivity index (χ0) is 26.7. The van der Waals surface area contributed by atoms with Gasteiger partial charge in [0.15, 0.2) is 22.7 Å². The second kappa shape index (κ2) is 10.2. The largest absolute Gasteiger partial charge is 0.573 e. The summed E-state index contributed by atoms with van der Waals surface area (Å²) in [5.74, 6) is -4.42. The number of ether oxygens (including phenoxy) is 4. The van der Waals surface area contributed by atoms with Gasteiger partial charge in [-0.3, -0.25) is 0 Å². The minimum absolute atomic E-state index is 0.0230. The second-order valence-electron chi connectivity index (χ2n) is 7.00. The lowest BCUT2D eigenvalue weighted by molar-refractivity contribution is -0.275. The summed E-state index contributed by atoms with van der Waals surface area (Å²) < 4.78 is 102. The molecule has 0 saturated heterocycles. The molecule has 0 saturated carbocycles. The van der Waals surface area contributed by atoms with Crippen molar-refractivity contribution >= 4 is 33.9 Å². The van der Waals surface area contributed by atoms with Gasteiger partial charge in [-0.25, -0.2) is 9.59 Å². The molecule has 0 spiro atoms. The van der Waals surface area contributed by atoms with Crippen molar-refractivity contribution in [3.8, 4) is 17.2 Å². The molecule has 1 heterocycles. The molecule has 0 radical (unpaired) electrons. The quantitative estimate of drug-likeness (QED) is 0.111. The summed E-state index contributed by atoms with van der Waals surface area (Å²) >= 11 is 0. The van der Waals surface area contributed by atoms with Crippen LogP contribution in [0.1, 0.15) is 12.0 Å². The number of hydrogen-bond acceptors (Lipinski definition) is 7. The summed E-state index contributed by atoms with van der Waals surface area (Å²) in [5, 5.41) is -0.0964. The first kappa shape index (κ1) is 26.4. The van der Waals surface area contributed by atoms with Crippen molar-refractivity contribution in [3.05, 3.63) is 55.1 Å². The van der Waals surface area contributed by atoms with Crippen LogP contribution in [0.5, 0.6) is 17.2 Å². The van der Waals surface area contributed by atoms with E-state index in [0.29, 0.717) is 6.08 Å². The van der Waals surface area contributed by atoms with Gasteiger partial charge in [0.05, 0.1) is 6.61 Å². The van der Waals surface area contributed by atoms with Crippen LogP contribution in [0, 0.1) is 0 Å². The van der Waals surface area contributed by atoms with E-state index in [2.05, 4.69) is 22.6 Å². The fourth-order valence-corrected chi connectivity index (χ4v) is 3.24. The number of carbonyl (C=O) groups excluding carboxylic acids is 2. The third-order valence-corrected chi connectivity index (χ3v) is 4.58. The molecule has 0 aliphatic rings. The molecule has 3 rings (SSSR count). The summed E-state index contributed by atoms with van der Waals surface area (Å²) in [4.78, 5) is 22.7. The summed E-state index contributed by atoms with van der Waals surface area (Å²) in [6.07, 6.45) is -8.82. The monoisotopic (exact) mass is 518 g/mol. The number of aryl methyl sites for hydroxylation is 1. The Morgan fingerprint density at radius 1 is 0.833 bits per heavy atom. The number of alkyl halides is 6. The lowest BCUT2D eigenvalue weighted by Gasteiger charge is -2.13. The molecule has 0 aliphatic carbocycles. The van der Waals surface area contributed by atoms with Crippen molar-refractivity contribution in [2.75, 3.05) is 6.61 Å². The Bertz CT molecular complexity index is 1320. The van der Waals surface area contributed by atoms with Crippen LogP contribution in [-0.4, -0.2) is 31.3 Å². The zero-order valence-corrected chi connectivity index (χ0v) is 18.1. The lowest BCUT2D eigenvalue weighted by Crippen LogP contribution is -2.18. The van der Waals surface area contributed by atoms with Crippen LogP contribution in [0.15, 0.2) is 54.0 Å². The van der Waals surface area contributed by atoms with Crippen molar-refractivity contribution in [1.29, 1.82) is 0 Å². The van der Waals surface area contributed by atoms with Crippen LogP contribution in [0.3, 0.4) is 0 Å². The highest BCUT2D eigenvalue weighted by molar-refractivity contribution is 6.09. The Labute approximate surface area is 198 Å². The fourth-order valence-electron chi connectivity index (χ4n) is 3.24. The summed E-state index contributed by atoms with van der Waals surface area (Å²) in [6.45, 7) is 6.22. The SMILES string of the molecule is C=CC(=O)OCCCc1ccc2c(oc3c(OC(F)(F)F)c(OC(=O)C=C)ccc32)c1OC(F)(F)F. The summed E-state index contributed by atoms with van der Waals surface area (Å²) in [5.41, 5.74) is -1.19. The van der Waals surface area contributed by atoms with Gasteiger partial charge in [-0.15, -0.1) is 26.3 Å². The molecule has 3 aromatic rings. The number of halogens is 6. The number of hydrogen-bond donors (Lipinski definition) is 0. The predicted molar refractivity (Wildman–Crippen MR) is 112 cm³/mol. The zero-order valence-electron chi connectivity index (χ0n) is 18.1. The molecule has 0 N–H and O–H groups in total. The van der Waals surface area contributed by atoms with E-state index in [4.69, 9.17) is 13.9 Å². The molecule has 2 aromatic carbocycles. The number of rotatable bonds is 9. The van der Waals surface area contributed by atoms with E-state index < -0.39 is 53.1 Å². The normalized spacial score (nSPS) is 11.8. The Morgan fingerprint density at radius 2 is 1.39 bits per heavy atom. The second-order valence-corrected chi connectivity index (χ2v) is 7.00. The summed E-state index contributed by atoms with van der Waals surface area (Å²) in [6, 6.07) is 4.74. The molecule has 192 valence electrons. The molecule has 0 unspecified atom stereocenters. The van der Waals surface area contributed by atoms with Crippen LogP contribution in [0.4, 0.5) is 26.3 Å². The minimum Gasteiger partial charge on any atom is -0.463 e. The van der Waals surface area contributed by atoms with E-state index in [1.165, 1.54) is 18.2 Å². The van der Waals surface area contributed by atoms with Crippen LogP contribution in [-0.2, 0) is 20.7 Å². The highest BCUT2D eigenvalue weighted by Crippen LogP contribution is 2.46. The predicted octanol–water partition coefficient (Wildman–Crippen LogP) is 6.14. The van der Waals surface area contributed by atoms with Crippen LogP contribution in [0.2, 0.25) is 0 Å². The van der Waals surface area contributed by atoms with E-state index in [1.807, 2.05) is 0 Å². The molecule has 1 aromatic heterocycles. The van der Waals surface area contributed by atoms with Crippen LogP contribution in [0.25, 0.3) is 21.9 Å². The van der Waals surface area contributed by atoms with Crippen LogP contribution < -0.4 is 14.2 Å².